The van der Waals surface area contributed by atoms with E-state index >= 15 is 0 Å². The standard InChI is InChI=1S/C11H12F3N3O2/c12-11(13,14)8-3-4-9(17-16-8)15-7-2-1-6(5-7)10(18)19/h3-4,6-7H,1-2,5H2,(H,15,17)(H,18,19). The quantitative estimate of drug-likeness (QED) is 0.884. The number of nitrogens with one attached hydrogen (secondary N) is 1. The molecule has 104 valence electrons. The highest BCUT2D eigenvalue weighted by molar-refractivity contribution is 5.70. The largest absolute Gasteiger partial charge is 0.481 e. The zero-order valence-electron chi connectivity index (χ0n) is 9.81. The van der Waals surface area contributed by atoms with E-state index in [-0.39, 0.29) is 11.9 Å². The van der Waals surface area contributed by atoms with Gasteiger partial charge in [-0.25, -0.2) is 0 Å². The Hall–Kier alpha value is -1.86. The number of anilines is 1. The van der Waals surface area contributed by atoms with E-state index in [1.807, 2.05) is 0 Å². The van der Waals surface area contributed by atoms with Crippen LogP contribution in [0, 0.1) is 5.92 Å². The molecule has 0 amide bonds. The van der Waals surface area contributed by atoms with Crippen molar-refractivity contribution in [2.45, 2.75) is 31.5 Å². The smallest absolute Gasteiger partial charge is 0.435 e. The van der Waals surface area contributed by atoms with Crippen LogP contribution in [0.2, 0.25) is 0 Å². The highest BCUT2D eigenvalue weighted by Crippen LogP contribution is 2.29. The summed E-state index contributed by atoms with van der Waals surface area (Å²) in [6.07, 6.45) is -2.86. The van der Waals surface area contributed by atoms with Crippen LogP contribution in [0.15, 0.2) is 12.1 Å². The highest BCUT2D eigenvalue weighted by Gasteiger charge is 2.33. The molecule has 0 saturated heterocycles. The van der Waals surface area contributed by atoms with Gasteiger partial charge in [0, 0.05) is 6.04 Å². The van der Waals surface area contributed by atoms with Gasteiger partial charge in [-0.05, 0) is 31.4 Å². The molecular weight excluding hydrogens is 263 g/mol. The van der Waals surface area contributed by atoms with Crippen molar-refractivity contribution >= 4 is 11.8 Å². The molecule has 1 fully saturated rings. The second kappa shape index (κ2) is 5.02. The summed E-state index contributed by atoms with van der Waals surface area (Å²) in [5.41, 5.74) is -1.05. The van der Waals surface area contributed by atoms with E-state index in [0.717, 1.165) is 6.07 Å². The van der Waals surface area contributed by atoms with Gasteiger partial charge in [0.2, 0.25) is 0 Å². The average Bonchev–Trinajstić information content (AvgIpc) is 2.77. The first-order valence-electron chi connectivity index (χ1n) is 5.76. The second-order valence-electron chi connectivity index (χ2n) is 4.49. The van der Waals surface area contributed by atoms with Crippen LogP contribution in [0.4, 0.5) is 19.0 Å². The molecule has 0 radical (unpaired) electrons. The third kappa shape index (κ3) is 3.33. The fraction of sp³-hybridized carbons (Fsp3) is 0.545. The molecule has 0 bridgehead atoms. The summed E-state index contributed by atoms with van der Waals surface area (Å²) in [6, 6.07) is 1.95. The van der Waals surface area contributed by atoms with Gasteiger partial charge in [0.25, 0.3) is 0 Å². The van der Waals surface area contributed by atoms with Gasteiger partial charge in [0.05, 0.1) is 5.92 Å². The van der Waals surface area contributed by atoms with Crippen molar-refractivity contribution in [2.24, 2.45) is 5.92 Å². The lowest BCUT2D eigenvalue weighted by molar-refractivity contribution is -0.142. The molecule has 1 saturated carbocycles. The van der Waals surface area contributed by atoms with E-state index < -0.39 is 23.8 Å². The monoisotopic (exact) mass is 275 g/mol. The number of hydrogen-bond acceptors (Lipinski definition) is 4. The van der Waals surface area contributed by atoms with Gasteiger partial charge in [0.1, 0.15) is 5.82 Å². The van der Waals surface area contributed by atoms with Crippen LogP contribution in [0.25, 0.3) is 0 Å². The fourth-order valence-electron chi connectivity index (χ4n) is 2.11. The van der Waals surface area contributed by atoms with Gasteiger partial charge in [-0.1, -0.05) is 0 Å². The Labute approximate surface area is 106 Å². The lowest BCUT2D eigenvalue weighted by atomic mass is 10.1. The van der Waals surface area contributed by atoms with Crippen LogP contribution in [0.3, 0.4) is 0 Å². The van der Waals surface area contributed by atoms with Crippen molar-refractivity contribution in [1.29, 1.82) is 0 Å². The van der Waals surface area contributed by atoms with E-state index in [1.165, 1.54) is 6.07 Å². The topological polar surface area (TPSA) is 75.1 Å². The lowest BCUT2D eigenvalue weighted by Crippen LogP contribution is -2.19. The fourth-order valence-corrected chi connectivity index (χ4v) is 2.11. The molecule has 1 aromatic rings. The minimum Gasteiger partial charge on any atom is -0.481 e. The van der Waals surface area contributed by atoms with Crippen LogP contribution in [-0.4, -0.2) is 27.3 Å². The average molecular weight is 275 g/mol. The van der Waals surface area contributed by atoms with Crippen molar-refractivity contribution in [3.05, 3.63) is 17.8 Å². The van der Waals surface area contributed by atoms with Gasteiger partial charge >= 0.3 is 12.1 Å². The number of aliphatic carboxylic acids is 1. The van der Waals surface area contributed by atoms with Gasteiger partial charge in [-0.2, -0.15) is 13.2 Å². The minimum absolute atomic E-state index is 0.0906. The Morgan fingerprint density at radius 1 is 1.32 bits per heavy atom. The molecule has 8 heteroatoms. The van der Waals surface area contributed by atoms with Gasteiger partial charge < -0.3 is 10.4 Å². The number of carboxylic acid groups (broad SMARTS) is 1. The first-order valence-corrected chi connectivity index (χ1v) is 5.76. The van der Waals surface area contributed by atoms with Crippen LogP contribution in [-0.2, 0) is 11.0 Å². The molecule has 1 aliphatic rings. The third-order valence-corrected chi connectivity index (χ3v) is 3.09. The number of carbonyl (C=O) groups is 1. The molecule has 19 heavy (non-hydrogen) atoms. The Morgan fingerprint density at radius 2 is 2.05 bits per heavy atom. The Bertz CT molecular complexity index is 461. The normalized spacial score (nSPS) is 23.3. The van der Waals surface area contributed by atoms with Crippen molar-refractivity contribution in [3.63, 3.8) is 0 Å². The Morgan fingerprint density at radius 3 is 2.53 bits per heavy atom. The maximum atomic E-state index is 12.3. The summed E-state index contributed by atoms with van der Waals surface area (Å²) >= 11 is 0. The number of nitrogens with zero attached hydrogens (tertiary/aromatic N) is 2. The molecule has 0 aliphatic heterocycles. The summed E-state index contributed by atoms with van der Waals surface area (Å²) in [7, 11) is 0. The summed E-state index contributed by atoms with van der Waals surface area (Å²) in [5, 5.41) is 18.3. The van der Waals surface area contributed by atoms with Crippen LogP contribution < -0.4 is 5.32 Å². The number of aromatic nitrogens is 2. The second-order valence-corrected chi connectivity index (χ2v) is 4.49. The maximum absolute atomic E-state index is 12.3. The van der Waals surface area contributed by atoms with Gasteiger partial charge in [-0.3, -0.25) is 4.79 Å². The minimum atomic E-state index is -4.51. The summed E-state index contributed by atoms with van der Waals surface area (Å²) in [6.45, 7) is 0. The molecule has 0 spiro atoms. The summed E-state index contributed by atoms with van der Waals surface area (Å²) < 4.78 is 36.8. The molecular formula is C11H12F3N3O2. The molecule has 5 nitrogen and oxygen atoms in total. The van der Waals surface area contributed by atoms with E-state index in [4.69, 9.17) is 5.11 Å². The van der Waals surface area contributed by atoms with E-state index in [2.05, 4.69) is 15.5 Å². The number of carboxylic acids is 1. The van der Waals surface area contributed by atoms with E-state index in [0.29, 0.717) is 19.3 Å². The van der Waals surface area contributed by atoms with Crippen LogP contribution >= 0.6 is 0 Å². The summed E-state index contributed by atoms with van der Waals surface area (Å²) in [4.78, 5) is 10.8. The first kappa shape index (κ1) is 13.6. The van der Waals surface area contributed by atoms with Crippen LogP contribution in [0.5, 0.6) is 0 Å². The highest BCUT2D eigenvalue weighted by atomic mass is 19.4. The number of hydrogen-bond donors (Lipinski definition) is 2. The first-order chi connectivity index (χ1) is 8.86. The molecule has 2 unspecified atom stereocenters. The van der Waals surface area contributed by atoms with Crippen molar-refractivity contribution in [2.75, 3.05) is 5.32 Å². The maximum Gasteiger partial charge on any atom is 0.435 e. The van der Waals surface area contributed by atoms with Crippen molar-refractivity contribution in [1.82, 2.24) is 10.2 Å². The molecule has 2 N–H and O–H groups in total. The third-order valence-electron chi connectivity index (χ3n) is 3.09. The molecule has 2 atom stereocenters. The van der Waals surface area contributed by atoms with E-state index in [1.54, 1.807) is 0 Å². The Kier molecular flexibility index (Phi) is 3.59. The van der Waals surface area contributed by atoms with Gasteiger partial charge in [0.15, 0.2) is 5.69 Å². The van der Waals surface area contributed by atoms with Crippen molar-refractivity contribution in [3.8, 4) is 0 Å². The molecule has 1 heterocycles. The number of rotatable bonds is 3. The molecule has 0 aromatic carbocycles. The van der Waals surface area contributed by atoms with Gasteiger partial charge in [-0.15, -0.1) is 10.2 Å². The summed E-state index contributed by atoms with van der Waals surface area (Å²) in [5.74, 6) is -1.02. The molecule has 1 aromatic heterocycles. The zero-order chi connectivity index (χ0) is 14.0. The number of halogens is 3. The van der Waals surface area contributed by atoms with Crippen LogP contribution in [0.1, 0.15) is 25.0 Å². The van der Waals surface area contributed by atoms with Crippen molar-refractivity contribution < 1.29 is 23.1 Å². The predicted molar refractivity (Wildman–Crippen MR) is 59.4 cm³/mol. The Balaban J connectivity index is 1.96. The SMILES string of the molecule is O=C(O)C1CCC(Nc2ccc(C(F)(F)F)nn2)C1. The zero-order valence-corrected chi connectivity index (χ0v) is 9.81. The van der Waals surface area contributed by atoms with E-state index in [9.17, 15) is 18.0 Å². The predicted octanol–water partition coefficient (Wildman–Crippen LogP) is 2.16. The lowest BCUT2D eigenvalue weighted by Gasteiger charge is -2.13. The number of alkyl halides is 3. The molecule has 2 rings (SSSR count). The molecule has 1 aliphatic carbocycles.